The van der Waals surface area contributed by atoms with Gasteiger partial charge in [0.1, 0.15) is 0 Å². The molecule has 1 nitrogen and oxygen atoms in total. The van der Waals surface area contributed by atoms with Crippen molar-refractivity contribution >= 4 is 0 Å². The molecule has 0 aromatic carbocycles. The standard InChI is InChI=1S/C10H18O/c11-10-8-6-4-2-1-3-5-7-9-10/h1-2,10-11H,3-9H2. The number of rotatable bonds is 0. The molecular weight excluding hydrogens is 136 g/mol. The van der Waals surface area contributed by atoms with Crippen LogP contribution in [-0.2, 0) is 0 Å². The molecule has 0 amide bonds. The second-order valence-corrected chi connectivity index (χ2v) is 3.34. The minimum Gasteiger partial charge on any atom is -0.393 e. The third kappa shape index (κ3) is 4.20. The van der Waals surface area contributed by atoms with Crippen LogP contribution in [0.2, 0.25) is 0 Å². The molecule has 11 heavy (non-hydrogen) atoms. The fourth-order valence-corrected chi connectivity index (χ4v) is 1.49. The van der Waals surface area contributed by atoms with Crippen LogP contribution in [0.15, 0.2) is 12.2 Å². The second kappa shape index (κ2) is 5.36. The van der Waals surface area contributed by atoms with Gasteiger partial charge < -0.3 is 5.11 Å². The van der Waals surface area contributed by atoms with Gasteiger partial charge in [-0.15, -0.1) is 0 Å². The number of aliphatic hydroxyl groups is 1. The molecule has 0 saturated heterocycles. The highest BCUT2D eigenvalue weighted by Gasteiger charge is 2.03. The summed E-state index contributed by atoms with van der Waals surface area (Å²) in [6, 6.07) is 0. The number of hydrogen-bond acceptors (Lipinski definition) is 1. The smallest absolute Gasteiger partial charge is 0.0540 e. The first-order chi connectivity index (χ1) is 5.39. The lowest BCUT2D eigenvalue weighted by molar-refractivity contribution is 0.148. The molecule has 1 aliphatic rings. The topological polar surface area (TPSA) is 20.2 Å². The van der Waals surface area contributed by atoms with E-state index in [1.165, 1.54) is 19.3 Å². The molecule has 1 rings (SSSR count). The zero-order chi connectivity index (χ0) is 7.94. The van der Waals surface area contributed by atoms with Crippen molar-refractivity contribution < 1.29 is 5.11 Å². The Kier molecular flexibility index (Phi) is 4.29. The van der Waals surface area contributed by atoms with E-state index in [0.29, 0.717) is 0 Å². The van der Waals surface area contributed by atoms with Crippen LogP contribution in [-0.4, -0.2) is 11.2 Å². The summed E-state index contributed by atoms with van der Waals surface area (Å²) in [6.45, 7) is 0. The fourth-order valence-electron chi connectivity index (χ4n) is 1.49. The molecule has 0 radical (unpaired) electrons. The maximum atomic E-state index is 9.41. The van der Waals surface area contributed by atoms with E-state index >= 15 is 0 Å². The van der Waals surface area contributed by atoms with Crippen molar-refractivity contribution in [1.82, 2.24) is 0 Å². The summed E-state index contributed by atoms with van der Waals surface area (Å²) in [4.78, 5) is 0. The lowest BCUT2D eigenvalue weighted by atomic mass is 10.0. The molecule has 0 aromatic rings. The van der Waals surface area contributed by atoms with E-state index in [2.05, 4.69) is 12.2 Å². The predicted octanol–water partition coefficient (Wildman–Crippen LogP) is 2.65. The summed E-state index contributed by atoms with van der Waals surface area (Å²) in [7, 11) is 0. The van der Waals surface area contributed by atoms with E-state index in [-0.39, 0.29) is 6.10 Å². The van der Waals surface area contributed by atoms with Crippen LogP contribution in [0.5, 0.6) is 0 Å². The second-order valence-electron chi connectivity index (χ2n) is 3.34. The first-order valence-corrected chi connectivity index (χ1v) is 4.72. The van der Waals surface area contributed by atoms with Crippen molar-refractivity contribution in [3.8, 4) is 0 Å². The largest absolute Gasteiger partial charge is 0.393 e. The molecular formula is C10H18O. The average Bonchev–Trinajstić information content (AvgIpc) is 2.03. The zero-order valence-corrected chi connectivity index (χ0v) is 7.13. The van der Waals surface area contributed by atoms with Crippen LogP contribution in [0, 0.1) is 0 Å². The molecule has 1 aliphatic carbocycles. The minimum absolute atomic E-state index is 0.0264. The van der Waals surface area contributed by atoms with Gasteiger partial charge in [0, 0.05) is 0 Å². The third-order valence-electron chi connectivity index (χ3n) is 2.23. The molecule has 1 heteroatoms. The highest BCUT2D eigenvalue weighted by molar-refractivity contribution is 4.82. The van der Waals surface area contributed by atoms with Gasteiger partial charge in [0.2, 0.25) is 0 Å². The van der Waals surface area contributed by atoms with Crippen LogP contribution in [0.3, 0.4) is 0 Å². The molecule has 0 aromatic heterocycles. The number of hydrogen-bond donors (Lipinski definition) is 1. The Labute approximate surface area is 69.1 Å². The van der Waals surface area contributed by atoms with E-state index in [4.69, 9.17) is 0 Å². The fraction of sp³-hybridized carbons (Fsp3) is 0.800. The van der Waals surface area contributed by atoms with Gasteiger partial charge in [0.15, 0.2) is 0 Å². The lowest BCUT2D eigenvalue weighted by Crippen LogP contribution is -2.05. The van der Waals surface area contributed by atoms with Crippen molar-refractivity contribution in [3.05, 3.63) is 12.2 Å². The molecule has 64 valence electrons. The van der Waals surface area contributed by atoms with E-state index < -0.39 is 0 Å². The Bertz CT molecular complexity index is 118. The van der Waals surface area contributed by atoms with Gasteiger partial charge in [-0.1, -0.05) is 18.6 Å². The van der Waals surface area contributed by atoms with Crippen LogP contribution >= 0.6 is 0 Å². The van der Waals surface area contributed by atoms with E-state index in [9.17, 15) is 5.11 Å². The lowest BCUT2D eigenvalue weighted by Gasteiger charge is -2.09. The zero-order valence-electron chi connectivity index (χ0n) is 7.13. The van der Waals surface area contributed by atoms with Crippen molar-refractivity contribution in [2.75, 3.05) is 0 Å². The maximum absolute atomic E-state index is 9.41. The van der Waals surface area contributed by atoms with Gasteiger partial charge in [-0.2, -0.15) is 0 Å². The number of allylic oxidation sites excluding steroid dienone is 2. The molecule has 1 atom stereocenters. The van der Waals surface area contributed by atoms with E-state index in [0.717, 1.165) is 25.7 Å². The minimum atomic E-state index is -0.0264. The van der Waals surface area contributed by atoms with E-state index in [1.54, 1.807) is 0 Å². The molecule has 0 bridgehead atoms. The van der Waals surface area contributed by atoms with Gasteiger partial charge in [0.05, 0.1) is 6.10 Å². The summed E-state index contributed by atoms with van der Waals surface area (Å²) in [5.41, 5.74) is 0. The van der Waals surface area contributed by atoms with E-state index in [1.807, 2.05) is 0 Å². The normalized spacial score (nSPS) is 28.3. The van der Waals surface area contributed by atoms with Gasteiger partial charge in [-0.3, -0.25) is 0 Å². The average molecular weight is 154 g/mol. The maximum Gasteiger partial charge on any atom is 0.0540 e. The Morgan fingerprint density at radius 3 is 2.36 bits per heavy atom. The molecule has 0 fully saturated rings. The Morgan fingerprint density at radius 2 is 1.55 bits per heavy atom. The molecule has 0 aliphatic heterocycles. The predicted molar refractivity (Wildman–Crippen MR) is 47.5 cm³/mol. The van der Waals surface area contributed by atoms with Crippen LogP contribution < -0.4 is 0 Å². The molecule has 0 heterocycles. The quantitative estimate of drug-likeness (QED) is 0.532. The summed E-state index contributed by atoms with van der Waals surface area (Å²) < 4.78 is 0. The Morgan fingerprint density at radius 1 is 0.909 bits per heavy atom. The molecule has 1 N–H and O–H groups in total. The molecule has 0 spiro atoms. The third-order valence-corrected chi connectivity index (χ3v) is 2.23. The molecule has 1 unspecified atom stereocenters. The van der Waals surface area contributed by atoms with Gasteiger partial charge in [-0.25, -0.2) is 0 Å². The van der Waals surface area contributed by atoms with Crippen molar-refractivity contribution in [3.63, 3.8) is 0 Å². The first kappa shape index (κ1) is 8.79. The summed E-state index contributed by atoms with van der Waals surface area (Å²) in [6.07, 6.45) is 12.4. The van der Waals surface area contributed by atoms with Crippen molar-refractivity contribution in [2.45, 2.75) is 51.0 Å². The Hall–Kier alpha value is -0.300. The SMILES string of the molecule is OC1CCCC=CCCCC1. The summed E-state index contributed by atoms with van der Waals surface area (Å²) in [5, 5.41) is 9.41. The summed E-state index contributed by atoms with van der Waals surface area (Å²) in [5.74, 6) is 0. The highest BCUT2D eigenvalue weighted by Crippen LogP contribution is 2.12. The van der Waals surface area contributed by atoms with Crippen LogP contribution in [0.1, 0.15) is 44.9 Å². The van der Waals surface area contributed by atoms with Gasteiger partial charge in [-0.05, 0) is 38.5 Å². The number of aliphatic hydroxyl groups excluding tert-OH is 1. The van der Waals surface area contributed by atoms with Crippen molar-refractivity contribution in [1.29, 1.82) is 0 Å². The van der Waals surface area contributed by atoms with Crippen LogP contribution in [0.4, 0.5) is 0 Å². The van der Waals surface area contributed by atoms with Crippen LogP contribution in [0.25, 0.3) is 0 Å². The summed E-state index contributed by atoms with van der Waals surface area (Å²) >= 11 is 0. The van der Waals surface area contributed by atoms with Gasteiger partial charge >= 0.3 is 0 Å². The molecule has 0 saturated carbocycles. The first-order valence-electron chi connectivity index (χ1n) is 4.72. The Balaban J connectivity index is 2.23. The van der Waals surface area contributed by atoms with Gasteiger partial charge in [0.25, 0.3) is 0 Å². The van der Waals surface area contributed by atoms with Crippen molar-refractivity contribution in [2.24, 2.45) is 0 Å². The monoisotopic (exact) mass is 154 g/mol. The highest BCUT2D eigenvalue weighted by atomic mass is 16.3.